The number of amides is 2. The highest BCUT2D eigenvalue weighted by atomic mass is 19.4. The van der Waals surface area contributed by atoms with Gasteiger partial charge in [0.05, 0.1) is 34.5 Å². The summed E-state index contributed by atoms with van der Waals surface area (Å²) in [6, 6.07) is 11.3. The summed E-state index contributed by atoms with van der Waals surface area (Å²) >= 11 is 0. The summed E-state index contributed by atoms with van der Waals surface area (Å²) < 4.78 is 42.9. The van der Waals surface area contributed by atoms with E-state index in [1.54, 1.807) is 52.2 Å². The van der Waals surface area contributed by atoms with E-state index in [0.29, 0.717) is 41.9 Å². The number of hydrogen-bond donors (Lipinski definition) is 1. The van der Waals surface area contributed by atoms with Crippen LogP contribution in [0.15, 0.2) is 78.4 Å². The van der Waals surface area contributed by atoms with Crippen molar-refractivity contribution in [1.82, 2.24) is 19.0 Å². The zero-order valence-corrected chi connectivity index (χ0v) is 20.9. The molecule has 1 aliphatic heterocycles. The number of nitrogens with zero attached hydrogens (tertiary/aromatic N) is 4. The number of pyridine rings is 1. The van der Waals surface area contributed by atoms with E-state index in [4.69, 9.17) is 0 Å². The molecule has 1 saturated heterocycles. The number of carbonyl (C=O) groups excluding carboxylic acids is 2. The summed E-state index contributed by atoms with van der Waals surface area (Å²) in [6.07, 6.45) is 0.479. The van der Waals surface area contributed by atoms with Gasteiger partial charge in [-0.2, -0.15) is 13.2 Å². The van der Waals surface area contributed by atoms with Crippen molar-refractivity contribution >= 4 is 28.5 Å². The van der Waals surface area contributed by atoms with Crippen molar-refractivity contribution in [2.24, 2.45) is 0 Å². The molecular weight excluding hydrogens is 511 g/mol. The molecule has 2 aromatic carbocycles. The number of nitrogens with one attached hydrogen (secondary N) is 1. The molecule has 0 spiro atoms. The number of hydrogen-bond acceptors (Lipinski definition) is 4. The van der Waals surface area contributed by atoms with Crippen LogP contribution in [0.25, 0.3) is 16.7 Å². The van der Waals surface area contributed by atoms with Gasteiger partial charge < -0.3 is 10.2 Å². The number of aromatic nitrogens is 3. The maximum atomic E-state index is 13.6. The third-order valence-corrected chi connectivity index (χ3v) is 6.88. The van der Waals surface area contributed by atoms with Crippen LogP contribution in [0.5, 0.6) is 0 Å². The van der Waals surface area contributed by atoms with Gasteiger partial charge >= 0.3 is 11.9 Å². The minimum absolute atomic E-state index is 0.0279. The summed E-state index contributed by atoms with van der Waals surface area (Å²) in [6.45, 7) is 5.76. The van der Waals surface area contributed by atoms with Gasteiger partial charge in [0.15, 0.2) is 0 Å². The molecule has 1 atom stereocenters. The average Bonchev–Trinajstić information content (AvgIpc) is 3.50. The normalized spacial score (nSPS) is 15.5. The molecule has 1 aliphatic rings. The maximum absolute atomic E-state index is 13.6. The summed E-state index contributed by atoms with van der Waals surface area (Å²) in [5.74, 6) is -0.875. The van der Waals surface area contributed by atoms with E-state index in [9.17, 15) is 27.6 Å². The van der Waals surface area contributed by atoms with Crippen LogP contribution >= 0.6 is 0 Å². The molecule has 200 valence electrons. The molecule has 0 aliphatic carbocycles. The quantitative estimate of drug-likeness (QED) is 0.375. The van der Waals surface area contributed by atoms with Crippen molar-refractivity contribution in [1.29, 1.82) is 0 Å². The molecule has 4 aromatic rings. The lowest BCUT2D eigenvalue weighted by molar-refractivity contribution is -0.138. The third kappa shape index (κ3) is 4.83. The van der Waals surface area contributed by atoms with Gasteiger partial charge in [0, 0.05) is 30.5 Å². The minimum atomic E-state index is -4.57. The smallest absolute Gasteiger partial charge is 0.337 e. The van der Waals surface area contributed by atoms with Crippen molar-refractivity contribution in [3.05, 3.63) is 101 Å². The first kappa shape index (κ1) is 26.0. The molecular formula is C28H24F3N5O3. The lowest BCUT2D eigenvalue weighted by Crippen LogP contribution is -2.31. The highest BCUT2D eigenvalue weighted by Crippen LogP contribution is 2.32. The molecule has 2 aromatic heterocycles. The van der Waals surface area contributed by atoms with Crippen molar-refractivity contribution in [2.45, 2.75) is 25.6 Å². The van der Waals surface area contributed by atoms with Crippen LogP contribution in [0.3, 0.4) is 0 Å². The molecule has 0 bridgehead atoms. The Morgan fingerprint density at radius 3 is 2.54 bits per heavy atom. The van der Waals surface area contributed by atoms with Crippen molar-refractivity contribution in [3.63, 3.8) is 0 Å². The first-order valence-electron chi connectivity index (χ1n) is 12.2. The fraction of sp³-hybridized carbons (Fsp3) is 0.214. The third-order valence-electron chi connectivity index (χ3n) is 6.88. The zero-order chi connectivity index (χ0) is 27.9. The van der Waals surface area contributed by atoms with Crippen LogP contribution < -0.4 is 11.0 Å². The van der Waals surface area contributed by atoms with Gasteiger partial charge in [-0.25, -0.2) is 4.79 Å². The fourth-order valence-corrected chi connectivity index (χ4v) is 4.92. The van der Waals surface area contributed by atoms with Gasteiger partial charge in [0.2, 0.25) is 5.91 Å². The van der Waals surface area contributed by atoms with Crippen LogP contribution in [0, 0.1) is 6.92 Å². The number of imidazole rings is 1. The molecule has 39 heavy (non-hydrogen) atoms. The Morgan fingerprint density at radius 2 is 1.85 bits per heavy atom. The SMILES string of the molecule is C=CC(=O)N1CCC(n2c(=O)n(-c3ccc(NC(=O)c4ccc(C)c(C(F)(F)F)c4)cc3)c3cnccc32)C1. The second-order valence-corrected chi connectivity index (χ2v) is 9.31. The van der Waals surface area contributed by atoms with Crippen molar-refractivity contribution in [3.8, 4) is 5.69 Å². The predicted molar refractivity (Wildman–Crippen MR) is 140 cm³/mol. The molecule has 11 heteroatoms. The number of benzene rings is 2. The average molecular weight is 536 g/mol. The number of halogens is 3. The fourth-order valence-electron chi connectivity index (χ4n) is 4.92. The number of anilines is 1. The number of rotatable bonds is 5. The van der Waals surface area contributed by atoms with Gasteiger partial charge in [-0.15, -0.1) is 0 Å². The number of likely N-dealkylation sites (tertiary alicyclic amines) is 1. The molecule has 1 fully saturated rings. The van der Waals surface area contributed by atoms with E-state index in [0.717, 1.165) is 6.07 Å². The van der Waals surface area contributed by atoms with Gasteiger partial charge in [-0.05, 0) is 67.4 Å². The summed E-state index contributed by atoms with van der Waals surface area (Å²) in [5, 5.41) is 2.60. The summed E-state index contributed by atoms with van der Waals surface area (Å²) in [5.41, 5.74) is 0.852. The van der Waals surface area contributed by atoms with Gasteiger partial charge in [0.1, 0.15) is 0 Å². The first-order chi connectivity index (χ1) is 18.6. The van der Waals surface area contributed by atoms with Crippen LogP contribution in [-0.2, 0) is 11.0 Å². The van der Waals surface area contributed by atoms with Crippen molar-refractivity contribution in [2.75, 3.05) is 18.4 Å². The van der Waals surface area contributed by atoms with E-state index in [2.05, 4.69) is 16.9 Å². The minimum Gasteiger partial charge on any atom is -0.337 e. The Bertz CT molecular complexity index is 1650. The largest absolute Gasteiger partial charge is 0.416 e. The standard InChI is InChI=1S/C28H24F3N5O3/c1-3-25(37)34-13-11-21(16-34)36-23-10-12-32-15-24(23)35(27(36)39)20-8-6-19(7-9-20)33-26(38)18-5-4-17(2)22(14-18)28(29,30)31/h3-10,12,14-15,21H,1,11,13,16H2,2H3,(H,33,38). The van der Waals surface area contributed by atoms with Crippen LogP contribution in [0.2, 0.25) is 0 Å². The summed E-state index contributed by atoms with van der Waals surface area (Å²) in [4.78, 5) is 44.2. The molecule has 5 rings (SSSR count). The molecule has 1 N–H and O–H groups in total. The highest BCUT2D eigenvalue weighted by molar-refractivity contribution is 6.04. The molecule has 3 heterocycles. The molecule has 1 unspecified atom stereocenters. The van der Waals surface area contributed by atoms with E-state index in [1.807, 2.05) is 0 Å². The zero-order valence-electron chi connectivity index (χ0n) is 20.9. The Morgan fingerprint density at radius 1 is 1.10 bits per heavy atom. The van der Waals surface area contributed by atoms with E-state index >= 15 is 0 Å². The van der Waals surface area contributed by atoms with Gasteiger partial charge in [-0.3, -0.25) is 23.7 Å². The number of alkyl halides is 3. The number of aryl methyl sites for hydroxylation is 1. The van der Waals surface area contributed by atoms with Crippen LogP contribution in [0.4, 0.5) is 18.9 Å². The predicted octanol–water partition coefficient (Wildman–Crippen LogP) is 4.73. The Labute approximate surface area is 221 Å². The first-order valence-corrected chi connectivity index (χ1v) is 12.2. The molecule has 2 amide bonds. The highest BCUT2D eigenvalue weighted by Gasteiger charge is 2.33. The Hall–Kier alpha value is -4.67. The molecule has 0 radical (unpaired) electrons. The molecule has 8 nitrogen and oxygen atoms in total. The Balaban J connectivity index is 1.43. The van der Waals surface area contributed by atoms with Crippen LogP contribution in [-0.4, -0.2) is 43.9 Å². The van der Waals surface area contributed by atoms with E-state index in [1.165, 1.54) is 29.7 Å². The van der Waals surface area contributed by atoms with Crippen LogP contribution in [0.1, 0.15) is 33.9 Å². The number of fused-ring (bicyclic) bond motifs is 1. The van der Waals surface area contributed by atoms with Gasteiger partial charge in [0.25, 0.3) is 5.91 Å². The topological polar surface area (TPSA) is 89.2 Å². The Kier molecular flexibility index (Phi) is 6.59. The maximum Gasteiger partial charge on any atom is 0.416 e. The second kappa shape index (κ2) is 9.90. The van der Waals surface area contributed by atoms with E-state index < -0.39 is 17.6 Å². The lowest BCUT2D eigenvalue weighted by Gasteiger charge is -2.15. The molecule has 0 saturated carbocycles. The second-order valence-electron chi connectivity index (χ2n) is 9.31. The van der Waals surface area contributed by atoms with E-state index in [-0.39, 0.29) is 28.8 Å². The van der Waals surface area contributed by atoms with Gasteiger partial charge in [-0.1, -0.05) is 12.6 Å². The van der Waals surface area contributed by atoms with Crippen molar-refractivity contribution < 1.29 is 22.8 Å². The monoisotopic (exact) mass is 535 g/mol. The number of carbonyl (C=O) groups is 2. The summed E-state index contributed by atoms with van der Waals surface area (Å²) in [7, 11) is 0. The lowest BCUT2D eigenvalue weighted by atomic mass is 10.0.